The van der Waals surface area contributed by atoms with Gasteiger partial charge in [-0.2, -0.15) is 0 Å². The zero-order valence-electron chi connectivity index (χ0n) is 15.0. The van der Waals surface area contributed by atoms with E-state index in [0.717, 1.165) is 11.3 Å². The zero-order valence-corrected chi connectivity index (χ0v) is 15.0. The zero-order chi connectivity index (χ0) is 17.2. The molecule has 3 aromatic rings. The van der Waals surface area contributed by atoms with Gasteiger partial charge in [0.2, 0.25) is 0 Å². The van der Waals surface area contributed by atoms with Gasteiger partial charge < -0.3 is 0 Å². The van der Waals surface area contributed by atoms with Crippen molar-refractivity contribution >= 4 is 15.7 Å². The van der Waals surface area contributed by atoms with Crippen molar-refractivity contribution in [3.63, 3.8) is 0 Å². The molecule has 0 saturated heterocycles. The van der Waals surface area contributed by atoms with Gasteiger partial charge in [-0.3, -0.25) is 4.98 Å². The van der Waals surface area contributed by atoms with Gasteiger partial charge in [-0.15, -0.1) is 0 Å². The second-order valence-electron chi connectivity index (χ2n) is 7.25. The Kier molecular flexibility index (Phi) is 4.62. The third kappa shape index (κ3) is 3.31. The van der Waals surface area contributed by atoms with Crippen LogP contribution in [0, 0.1) is 5.92 Å². The molecule has 1 aromatic heterocycles. The fourth-order valence-electron chi connectivity index (χ4n) is 2.80. The van der Waals surface area contributed by atoms with E-state index in [1.54, 1.807) is 0 Å². The van der Waals surface area contributed by atoms with Gasteiger partial charge in [0.05, 0.1) is 5.69 Å². The average Bonchev–Trinajstić information content (AvgIpc) is 2.62. The van der Waals surface area contributed by atoms with Crippen molar-refractivity contribution in [1.82, 2.24) is 4.98 Å². The van der Waals surface area contributed by atoms with Crippen molar-refractivity contribution in [3.05, 3.63) is 78.5 Å². The molecule has 1 nitrogen and oxygen atoms in total. The van der Waals surface area contributed by atoms with Gasteiger partial charge in [-0.05, 0) is 23.3 Å². The minimum atomic E-state index is 0.186. The lowest BCUT2D eigenvalue weighted by Gasteiger charge is -2.30. The maximum absolute atomic E-state index is 4.52. The third-order valence-electron chi connectivity index (χ3n) is 5.24. The molecule has 3 rings (SSSR count). The number of rotatable bonds is 4. The lowest BCUT2D eigenvalue weighted by atomic mass is 9.46. The summed E-state index contributed by atoms with van der Waals surface area (Å²) in [5.74, 6) is 0.606. The SMILES string of the molecule is BC(B)(c1ccc(-c2ccnc(-c3ccccc3)c2)cc1)C(C)C. The quantitative estimate of drug-likeness (QED) is 0.672. The Balaban J connectivity index is 1.93. The van der Waals surface area contributed by atoms with E-state index in [-0.39, 0.29) is 5.21 Å². The van der Waals surface area contributed by atoms with Crippen LogP contribution in [-0.4, -0.2) is 20.7 Å². The van der Waals surface area contributed by atoms with Crippen LogP contribution in [0.1, 0.15) is 19.4 Å². The Morgan fingerprint density at radius 1 is 0.792 bits per heavy atom. The summed E-state index contributed by atoms with van der Waals surface area (Å²) in [6.07, 6.45) is 1.89. The molecule has 0 bridgehead atoms. The fraction of sp³-hybridized carbons (Fsp3) is 0.190. The summed E-state index contributed by atoms with van der Waals surface area (Å²) >= 11 is 0. The smallest absolute Gasteiger partial charge is 0.105 e. The Labute approximate surface area is 147 Å². The summed E-state index contributed by atoms with van der Waals surface area (Å²) in [5, 5.41) is 0.186. The first-order valence-electron chi connectivity index (χ1n) is 8.61. The van der Waals surface area contributed by atoms with E-state index in [1.807, 2.05) is 24.4 Å². The van der Waals surface area contributed by atoms with Gasteiger partial charge in [-0.25, -0.2) is 0 Å². The maximum Gasteiger partial charge on any atom is 0.105 e. The maximum atomic E-state index is 4.52. The summed E-state index contributed by atoms with van der Waals surface area (Å²) in [4.78, 5) is 4.52. The van der Waals surface area contributed by atoms with E-state index < -0.39 is 0 Å². The minimum absolute atomic E-state index is 0.186. The molecule has 1 heterocycles. The van der Waals surface area contributed by atoms with Crippen LogP contribution in [0.2, 0.25) is 0 Å². The summed E-state index contributed by atoms with van der Waals surface area (Å²) in [6.45, 7) is 4.56. The summed E-state index contributed by atoms with van der Waals surface area (Å²) in [5.41, 5.74) is 5.99. The van der Waals surface area contributed by atoms with Crippen LogP contribution in [0.5, 0.6) is 0 Å². The third-order valence-corrected chi connectivity index (χ3v) is 5.24. The van der Waals surface area contributed by atoms with Crippen molar-refractivity contribution in [2.75, 3.05) is 0 Å². The lowest BCUT2D eigenvalue weighted by molar-refractivity contribution is 0.570. The number of hydrogen-bond acceptors (Lipinski definition) is 1. The summed E-state index contributed by atoms with van der Waals surface area (Å²) < 4.78 is 0. The molecule has 0 radical (unpaired) electrons. The normalized spacial score (nSPS) is 11.6. The topological polar surface area (TPSA) is 12.9 Å². The van der Waals surface area contributed by atoms with E-state index in [2.05, 4.69) is 83.1 Å². The largest absolute Gasteiger partial charge is 0.256 e. The van der Waals surface area contributed by atoms with E-state index >= 15 is 0 Å². The number of hydrogen-bond donors (Lipinski definition) is 0. The molecule has 24 heavy (non-hydrogen) atoms. The molecule has 0 amide bonds. The molecule has 0 fully saturated rings. The molecule has 3 heteroatoms. The second kappa shape index (κ2) is 6.68. The molecule has 0 aliphatic heterocycles. The highest BCUT2D eigenvalue weighted by molar-refractivity contribution is 6.40. The van der Waals surface area contributed by atoms with Crippen LogP contribution in [0.15, 0.2) is 72.9 Å². The van der Waals surface area contributed by atoms with E-state index in [0.29, 0.717) is 5.92 Å². The Bertz CT molecular complexity index is 809. The lowest BCUT2D eigenvalue weighted by Crippen LogP contribution is -2.33. The monoisotopic (exact) mass is 311 g/mol. The fourth-order valence-corrected chi connectivity index (χ4v) is 2.80. The van der Waals surface area contributed by atoms with Crippen LogP contribution < -0.4 is 0 Å². The van der Waals surface area contributed by atoms with Gasteiger partial charge in [0.1, 0.15) is 15.7 Å². The Morgan fingerprint density at radius 2 is 1.46 bits per heavy atom. The Hall–Kier alpha value is -2.28. The van der Waals surface area contributed by atoms with Crippen LogP contribution >= 0.6 is 0 Å². The predicted molar refractivity (Wildman–Crippen MR) is 109 cm³/mol. The molecule has 2 aromatic carbocycles. The number of pyridine rings is 1. The number of benzene rings is 2. The standard InChI is InChI=1S/C21H23B2N/c1-15(2)21(22,23)19-10-8-16(9-11-19)18-12-13-24-20(14-18)17-6-4-3-5-7-17/h3-15H,22-23H2,1-2H3. The van der Waals surface area contributed by atoms with Gasteiger partial charge >= 0.3 is 0 Å². The molecule has 0 atom stereocenters. The summed E-state index contributed by atoms with van der Waals surface area (Å²) in [6, 6.07) is 23.5. The van der Waals surface area contributed by atoms with Crippen molar-refractivity contribution in [2.45, 2.75) is 19.1 Å². The van der Waals surface area contributed by atoms with E-state index in [4.69, 9.17) is 0 Å². The molecule has 0 aliphatic rings. The molecule has 0 saturated carbocycles. The van der Waals surface area contributed by atoms with Gasteiger partial charge in [-0.1, -0.05) is 85.1 Å². The molecular formula is C21H23B2N. The van der Waals surface area contributed by atoms with Crippen molar-refractivity contribution < 1.29 is 0 Å². The first-order chi connectivity index (χ1) is 11.5. The van der Waals surface area contributed by atoms with Gasteiger partial charge in [0.15, 0.2) is 0 Å². The molecule has 118 valence electrons. The summed E-state index contributed by atoms with van der Waals surface area (Å²) in [7, 11) is 4.62. The molecular weight excluding hydrogens is 288 g/mol. The average molecular weight is 311 g/mol. The molecule has 0 N–H and O–H groups in total. The first-order valence-corrected chi connectivity index (χ1v) is 8.61. The van der Waals surface area contributed by atoms with Crippen LogP contribution in [-0.2, 0) is 5.21 Å². The first kappa shape index (κ1) is 16.6. The predicted octanol–water partition coefficient (Wildman–Crippen LogP) is 3.49. The molecule has 0 spiro atoms. The van der Waals surface area contributed by atoms with Crippen molar-refractivity contribution in [2.24, 2.45) is 5.92 Å². The van der Waals surface area contributed by atoms with Gasteiger partial charge in [0.25, 0.3) is 0 Å². The van der Waals surface area contributed by atoms with Gasteiger partial charge in [0, 0.05) is 11.8 Å². The highest BCUT2D eigenvalue weighted by Gasteiger charge is 2.24. The van der Waals surface area contributed by atoms with Crippen molar-refractivity contribution in [3.8, 4) is 22.4 Å². The Morgan fingerprint density at radius 3 is 2.08 bits per heavy atom. The molecule has 0 unspecified atom stereocenters. The van der Waals surface area contributed by atoms with E-state index in [1.165, 1.54) is 16.7 Å². The molecule has 0 aliphatic carbocycles. The van der Waals surface area contributed by atoms with Crippen molar-refractivity contribution in [1.29, 1.82) is 0 Å². The highest BCUT2D eigenvalue weighted by atomic mass is 14.7. The van der Waals surface area contributed by atoms with Crippen LogP contribution in [0.4, 0.5) is 0 Å². The number of nitrogens with zero attached hydrogens (tertiary/aromatic N) is 1. The van der Waals surface area contributed by atoms with Crippen LogP contribution in [0.3, 0.4) is 0 Å². The van der Waals surface area contributed by atoms with Crippen LogP contribution in [0.25, 0.3) is 22.4 Å². The number of aromatic nitrogens is 1. The minimum Gasteiger partial charge on any atom is -0.256 e. The highest BCUT2D eigenvalue weighted by Crippen LogP contribution is 2.29. The second-order valence-corrected chi connectivity index (χ2v) is 7.25. The van der Waals surface area contributed by atoms with E-state index in [9.17, 15) is 0 Å².